The lowest BCUT2D eigenvalue weighted by molar-refractivity contribution is -0.117. The Morgan fingerprint density at radius 2 is 1.83 bits per heavy atom. The maximum absolute atomic E-state index is 12.2. The molecule has 0 atom stereocenters. The van der Waals surface area contributed by atoms with Crippen LogP contribution in [0.1, 0.15) is 13.8 Å². The van der Waals surface area contributed by atoms with E-state index < -0.39 is 0 Å². The van der Waals surface area contributed by atoms with Crippen molar-refractivity contribution in [2.75, 3.05) is 11.6 Å². The summed E-state index contributed by atoms with van der Waals surface area (Å²) in [7, 11) is 0. The van der Waals surface area contributed by atoms with Gasteiger partial charge in [-0.15, -0.1) is 5.53 Å². The summed E-state index contributed by atoms with van der Waals surface area (Å²) in [6.07, 6.45) is 6.86. The summed E-state index contributed by atoms with van der Waals surface area (Å²) in [5.74, 6) is -0.175. The predicted octanol–water partition coefficient (Wildman–Crippen LogP) is 2.71. The van der Waals surface area contributed by atoms with Gasteiger partial charge in [-0.05, 0) is 50.3 Å². The van der Waals surface area contributed by atoms with E-state index in [1.165, 1.54) is 6.07 Å². The molecule has 8 heteroatoms. The number of nitrogens with zero attached hydrogens (tertiary/aromatic N) is 2. The zero-order valence-electron chi connectivity index (χ0n) is 16.1. The Hall–Kier alpha value is -3.29. The molecule has 2 heterocycles. The Morgan fingerprint density at radius 3 is 2.52 bits per heavy atom. The standard InChI is InChI=1S/C21H22ClN5O2/c1-15(6-7-16(2)22)21(29)23-13-19-14-24-25-27(19)18-10-8-17(9-11-18)26-12-4-3-5-20(26)28/h3-12,14,24-25H,13H2,1-2H3,(H,23,29)/b15-6+,16-7+. The van der Waals surface area contributed by atoms with Crippen molar-refractivity contribution in [1.29, 1.82) is 0 Å². The molecule has 0 unspecified atom stereocenters. The number of amides is 1. The summed E-state index contributed by atoms with van der Waals surface area (Å²) < 4.78 is 1.57. The second-order valence-corrected chi connectivity index (χ2v) is 7.03. The topological polar surface area (TPSA) is 78.4 Å². The molecule has 0 aliphatic carbocycles. The molecule has 0 fully saturated rings. The van der Waals surface area contributed by atoms with Crippen molar-refractivity contribution >= 4 is 23.2 Å². The van der Waals surface area contributed by atoms with Crippen molar-refractivity contribution in [2.24, 2.45) is 0 Å². The van der Waals surface area contributed by atoms with E-state index in [9.17, 15) is 9.59 Å². The Balaban J connectivity index is 1.67. The van der Waals surface area contributed by atoms with E-state index in [1.54, 1.807) is 49.0 Å². The highest BCUT2D eigenvalue weighted by Gasteiger charge is 2.17. The van der Waals surface area contributed by atoms with Gasteiger partial charge in [0.15, 0.2) is 0 Å². The normalized spacial score (nSPS) is 14.4. The molecule has 1 aliphatic rings. The fourth-order valence-electron chi connectivity index (χ4n) is 2.71. The van der Waals surface area contributed by atoms with Gasteiger partial charge in [-0.1, -0.05) is 23.7 Å². The second-order valence-electron chi connectivity index (χ2n) is 6.44. The minimum absolute atomic E-state index is 0.0906. The molecular weight excluding hydrogens is 390 g/mol. The average Bonchev–Trinajstić information content (AvgIpc) is 3.19. The van der Waals surface area contributed by atoms with Gasteiger partial charge in [0.05, 0.1) is 17.9 Å². The summed E-state index contributed by atoms with van der Waals surface area (Å²) in [5, 5.41) is 5.30. The Labute approximate surface area is 173 Å². The van der Waals surface area contributed by atoms with Gasteiger partial charge in [0.1, 0.15) is 0 Å². The fourth-order valence-corrected chi connectivity index (χ4v) is 2.77. The van der Waals surface area contributed by atoms with Crippen LogP contribution in [0.3, 0.4) is 0 Å². The van der Waals surface area contributed by atoms with Gasteiger partial charge in [-0.25, -0.2) is 0 Å². The van der Waals surface area contributed by atoms with Crippen molar-refractivity contribution < 1.29 is 4.79 Å². The molecule has 150 valence electrons. The Bertz CT molecular complexity index is 1030. The van der Waals surface area contributed by atoms with E-state index >= 15 is 0 Å². The molecule has 1 aromatic heterocycles. The number of hydrazine groups is 2. The number of hydrogen-bond acceptors (Lipinski definition) is 5. The van der Waals surface area contributed by atoms with Crippen molar-refractivity contribution in [3.05, 3.63) is 93.7 Å². The molecule has 1 amide bonds. The first-order valence-electron chi connectivity index (χ1n) is 9.03. The molecule has 3 N–H and O–H groups in total. The zero-order chi connectivity index (χ0) is 20.8. The first-order chi connectivity index (χ1) is 14.0. The lowest BCUT2D eigenvalue weighted by Crippen LogP contribution is -2.40. The van der Waals surface area contributed by atoms with Gasteiger partial charge in [-0.2, -0.15) is 0 Å². The quantitative estimate of drug-likeness (QED) is 0.503. The second kappa shape index (κ2) is 9.27. The van der Waals surface area contributed by atoms with Crippen LogP contribution in [0.25, 0.3) is 5.69 Å². The van der Waals surface area contributed by atoms with Crippen LogP contribution in [0.15, 0.2) is 88.1 Å². The highest BCUT2D eigenvalue weighted by atomic mass is 35.5. The minimum atomic E-state index is -0.175. The van der Waals surface area contributed by atoms with Crippen LogP contribution in [0.2, 0.25) is 0 Å². The molecular formula is C21H22ClN5O2. The fraction of sp³-hybridized carbons (Fsp3) is 0.143. The SMILES string of the molecule is C/C(Cl)=C\C=C(/C)C(=O)NCC1=CNNN1c1ccc(-n2ccccc2=O)cc1. The summed E-state index contributed by atoms with van der Waals surface area (Å²) in [6.45, 7) is 3.81. The van der Waals surface area contributed by atoms with Crippen LogP contribution in [-0.4, -0.2) is 17.0 Å². The minimum Gasteiger partial charge on any atom is -0.347 e. The van der Waals surface area contributed by atoms with E-state index in [2.05, 4.69) is 16.3 Å². The Kier molecular flexibility index (Phi) is 6.54. The summed E-state index contributed by atoms with van der Waals surface area (Å²) in [6, 6.07) is 12.5. The smallest absolute Gasteiger partial charge is 0.255 e. The van der Waals surface area contributed by atoms with Crippen LogP contribution in [0, 0.1) is 0 Å². The molecule has 0 saturated carbocycles. The first-order valence-corrected chi connectivity index (χ1v) is 9.41. The van der Waals surface area contributed by atoms with E-state index in [0.29, 0.717) is 17.2 Å². The van der Waals surface area contributed by atoms with Gasteiger partial charge >= 0.3 is 0 Å². The lowest BCUT2D eigenvalue weighted by atomic mass is 10.2. The van der Waals surface area contributed by atoms with Crippen LogP contribution < -0.4 is 26.8 Å². The number of nitrogens with one attached hydrogen (secondary N) is 3. The monoisotopic (exact) mass is 411 g/mol. The maximum Gasteiger partial charge on any atom is 0.255 e. The number of hydrogen-bond donors (Lipinski definition) is 3. The van der Waals surface area contributed by atoms with Gasteiger partial charge in [0, 0.05) is 34.8 Å². The van der Waals surface area contributed by atoms with Crippen LogP contribution in [-0.2, 0) is 4.79 Å². The maximum atomic E-state index is 12.2. The zero-order valence-corrected chi connectivity index (χ0v) is 16.9. The third-order valence-electron chi connectivity index (χ3n) is 4.26. The van der Waals surface area contributed by atoms with Crippen molar-refractivity contribution in [2.45, 2.75) is 13.8 Å². The molecule has 0 radical (unpaired) electrons. The molecule has 3 rings (SSSR count). The molecule has 1 aliphatic heterocycles. The molecule has 7 nitrogen and oxygen atoms in total. The molecule has 1 aromatic carbocycles. The molecule has 29 heavy (non-hydrogen) atoms. The lowest BCUT2D eigenvalue weighted by Gasteiger charge is -2.22. The number of carbonyl (C=O) groups excluding carboxylic acids is 1. The Morgan fingerprint density at radius 1 is 1.10 bits per heavy atom. The highest BCUT2D eigenvalue weighted by molar-refractivity contribution is 6.29. The predicted molar refractivity (Wildman–Crippen MR) is 115 cm³/mol. The number of pyridine rings is 1. The van der Waals surface area contributed by atoms with Gasteiger partial charge in [0.25, 0.3) is 5.56 Å². The van der Waals surface area contributed by atoms with Crippen LogP contribution in [0.4, 0.5) is 5.69 Å². The van der Waals surface area contributed by atoms with Gasteiger partial charge in [-0.3, -0.25) is 19.2 Å². The summed E-state index contributed by atoms with van der Waals surface area (Å²) in [5.41, 5.74) is 8.89. The van der Waals surface area contributed by atoms with E-state index in [4.69, 9.17) is 11.6 Å². The number of anilines is 1. The van der Waals surface area contributed by atoms with Crippen LogP contribution >= 0.6 is 11.6 Å². The number of allylic oxidation sites excluding steroid dienone is 3. The van der Waals surface area contributed by atoms with Crippen molar-refractivity contribution in [1.82, 2.24) is 20.8 Å². The molecule has 0 bridgehead atoms. The first kappa shape index (κ1) is 20.4. The number of benzene rings is 1. The van der Waals surface area contributed by atoms with Gasteiger partial charge in [0.2, 0.25) is 5.91 Å². The van der Waals surface area contributed by atoms with Gasteiger partial charge < -0.3 is 10.7 Å². The largest absolute Gasteiger partial charge is 0.347 e. The summed E-state index contributed by atoms with van der Waals surface area (Å²) in [4.78, 5) is 24.2. The van der Waals surface area contributed by atoms with Crippen molar-refractivity contribution in [3.63, 3.8) is 0 Å². The third-order valence-corrected chi connectivity index (χ3v) is 4.39. The number of aromatic nitrogens is 1. The number of rotatable bonds is 6. The highest BCUT2D eigenvalue weighted by Crippen LogP contribution is 2.20. The average molecular weight is 412 g/mol. The third kappa shape index (κ3) is 5.16. The van der Waals surface area contributed by atoms with Crippen LogP contribution in [0.5, 0.6) is 0 Å². The van der Waals surface area contributed by atoms with E-state index in [0.717, 1.165) is 17.1 Å². The van der Waals surface area contributed by atoms with E-state index in [1.807, 2.05) is 35.3 Å². The van der Waals surface area contributed by atoms with Crippen molar-refractivity contribution in [3.8, 4) is 5.69 Å². The molecule has 2 aromatic rings. The number of halogens is 1. The molecule has 0 saturated heterocycles. The summed E-state index contributed by atoms with van der Waals surface area (Å²) >= 11 is 5.79. The molecule has 0 spiro atoms. The number of carbonyl (C=O) groups is 1. The van der Waals surface area contributed by atoms with E-state index in [-0.39, 0.29) is 11.5 Å².